The third kappa shape index (κ3) is 18.2. The predicted molar refractivity (Wildman–Crippen MR) is 124 cm³/mol. The van der Waals surface area contributed by atoms with E-state index in [1.807, 2.05) is 0 Å². The summed E-state index contributed by atoms with van der Waals surface area (Å²) < 4.78 is 38.3. The summed E-state index contributed by atoms with van der Waals surface area (Å²) in [7, 11) is -4.63. The molecule has 0 heterocycles. The van der Waals surface area contributed by atoms with Crippen molar-refractivity contribution in [1.29, 1.82) is 0 Å². The quantitative estimate of drug-likeness (QED) is 0.102. The van der Waals surface area contributed by atoms with Crippen LogP contribution >= 0.6 is 0 Å². The second-order valence-electron chi connectivity index (χ2n) is 8.53. The Kier molecular flexibility index (Phi) is 19.9. The highest BCUT2D eigenvalue weighted by atomic mass is 32.2. The van der Waals surface area contributed by atoms with Gasteiger partial charge in [0, 0.05) is 0 Å². The molecule has 0 fully saturated rings. The van der Waals surface area contributed by atoms with Gasteiger partial charge in [-0.15, -0.1) is 0 Å². The summed E-state index contributed by atoms with van der Waals surface area (Å²) in [6.45, 7) is 3.95. The summed E-state index contributed by atoms with van der Waals surface area (Å²) >= 11 is 0. The smallest absolute Gasteiger partial charge is 0.323 e. The van der Waals surface area contributed by atoms with Gasteiger partial charge in [-0.25, -0.2) is 8.42 Å². The van der Waals surface area contributed by atoms with Crippen molar-refractivity contribution in [3.8, 4) is 0 Å². The summed E-state index contributed by atoms with van der Waals surface area (Å²) in [5.74, 6) is -0.903. The molecule has 30 heavy (non-hydrogen) atoms. The second-order valence-corrected chi connectivity index (χ2v) is 10.1. The van der Waals surface area contributed by atoms with Gasteiger partial charge in [-0.3, -0.25) is 4.79 Å². The minimum Gasteiger partial charge on any atom is -0.747 e. The van der Waals surface area contributed by atoms with Crippen LogP contribution < -0.4 is 0 Å². The van der Waals surface area contributed by atoms with Crippen molar-refractivity contribution < 1.29 is 22.5 Å². The van der Waals surface area contributed by atoms with Crippen LogP contribution in [0, 0.1) is 0 Å². The number of carbonyl (C=O) groups excluding carboxylic acids is 1. The third-order valence-electron chi connectivity index (χ3n) is 5.72. The van der Waals surface area contributed by atoms with Crippen LogP contribution in [-0.2, 0) is 19.6 Å². The van der Waals surface area contributed by atoms with Gasteiger partial charge in [0.25, 0.3) is 0 Å². The van der Waals surface area contributed by atoms with Gasteiger partial charge >= 0.3 is 5.97 Å². The molecule has 180 valence electrons. The van der Waals surface area contributed by atoms with Crippen molar-refractivity contribution in [1.82, 2.24) is 0 Å². The number of unbranched alkanes of at least 4 members (excludes halogenated alkanes) is 17. The van der Waals surface area contributed by atoms with Gasteiger partial charge in [0.1, 0.15) is 15.4 Å². The normalized spacial score (nSPS) is 12.8. The fourth-order valence-electron chi connectivity index (χ4n) is 3.85. The maximum atomic E-state index is 11.6. The highest BCUT2D eigenvalue weighted by molar-refractivity contribution is 7.87. The van der Waals surface area contributed by atoms with Crippen LogP contribution in [0.15, 0.2) is 0 Å². The predicted octanol–water partition coefficient (Wildman–Crippen LogP) is 6.90. The Morgan fingerprint density at radius 2 is 1.00 bits per heavy atom. The molecule has 0 aliphatic carbocycles. The highest BCUT2D eigenvalue weighted by Gasteiger charge is 2.25. The van der Waals surface area contributed by atoms with Gasteiger partial charge in [0.2, 0.25) is 0 Å². The van der Waals surface area contributed by atoms with Gasteiger partial charge in [-0.05, 0) is 13.3 Å². The fraction of sp³-hybridized carbons (Fsp3) is 0.958. The van der Waals surface area contributed by atoms with E-state index in [2.05, 4.69) is 6.92 Å². The van der Waals surface area contributed by atoms with Gasteiger partial charge < -0.3 is 9.29 Å². The Balaban J connectivity index is 3.43. The molecule has 0 aromatic heterocycles. The van der Waals surface area contributed by atoms with E-state index in [9.17, 15) is 17.8 Å². The summed E-state index contributed by atoms with van der Waals surface area (Å²) in [5.41, 5.74) is 0. The van der Waals surface area contributed by atoms with Gasteiger partial charge in [-0.1, -0.05) is 122 Å². The van der Waals surface area contributed by atoms with E-state index >= 15 is 0 Å². The van der Waals surface area contributed by atoms with Crippen LogP contribution in [0.1, 0.15) is 136 Å². The van der Waals surface area contributed by atoms with Crippen LogP contribution in [-0.4, -0.2) is 30.8 Å². The lowest BCUT2D eigenvalue weighted by molar-refractivity contribution is -0.142. The molecule has 5 nitrogen and oxygen atoms in total. The van der Waals surface area contributed by atoms with E-state index in [0.29, 0.717) is 6.42 Å². The standard InChI is InChI=1S/C24H48O5S/c1-3-5-6-7-8-9-10-11-12-13-14-15-16-17-18-19-20-21-22-23(30(26,27)28)24(25)29-4-2/h23H,3-22H2,1-2H3,(H,26,27,28)/p-1. The SMILES string of the molecule is CCCCCCCCCCCCCCCCCCCCC(C(=O)OCC)S(=O)(=O)[O-]. The highest BCUT2D eigenvalue weighted by Crippen LogP contribution is 2.16. The molecular formula is C24H47O5S-. The molecule has 0 spiro atoms. The van der Waals surface area contributed by atoms with Crippen molar-refractivity contribution in [2.45, 2.75) is 141 Å². The van der Waals surface area contributed by atoms with Crippen LogP contribution in [0.25, 0.3) is 0 Å². The number of ether oxygens (including phenoxy) is 1. The first-order valence-electron chi connectivity index (χ1n) is 12.5. The van der Waals surface area contributed by atoms with Gasteiger partial charge in [0.05, 0.1) is 6.61 Å². The number of hydrogen-bond acceptors (Lipinski definition) is 5. The number of hydrogen-bond donors (Lipinski definition) is 0. The molecule has 0 saturated carbocycles. The third-order valence-corrected chi connectivity index (χ3v) is 6.84. The molecule has 0 saturated heterocycles. The Labute approximate surface area is 186 Å². The zero-order valence-electron chi connectivity index (χ0n) is 19.7. The minimum atomic E-state index is -4.63. The van der Waals surface area contributed by atoms with E-state index in [-0.39, 0.29) is 13.0 Å². The average molecular weight is 448 g/mol. The first-order chi connectivity index (χ1) is 14.4. The molecule has 0 bridgehead atoms. The summed E-state index contributed by atoms with van der Waals surface area (Å²) in [4.78, 5) is 11.6. The lowest BCUT2D eigenvalue weighted by atomic mass is 10.0. The Morgan fingerprint density at radius 1 is 0.667 bits per heavy atom. The zero-order valence-corrected chi connectivity index (χ0v) is 20.5. The zero-order chi connectivity index (χ0) is 22.5. The number of rotatable bonds is 22. The van der Waals surface area contributed by atoms with Crippen molar-refractivity contribution in [3.05, 3.63) is 0 Å². The molecule has 0 radical (unpaired) electrons. The molecular weight excluding hydrogens is 400 g/mol. The molecule has 0 aliphatic heterocycles. The van der Waals surface area contributed by atoms with Crippen molar-refractivity contribution in [2.75, 3.05) is 6.61 Å². The largest absolute Gasteiger partial charge is 0.747 e. The van der Waals surface area contributed by atoms with Gasteiger partial charge in [0.15, 0.2) is 0 Å². The molecule has 6 heteroatoms. The molecule has 0 aliphatic rings. The molecule has 0 N–H and O–H groups in total. The summed E-state index contributed by atoms with van der Waals surface area (Å²) in [5, 5.41) is -1.54. The topological polar surface area (TPSA) is 83.5 Å². The van der Waals surface area contributed by atoms with Crippen molar-refractivity contribution >= 4 is 16.1 Å². The summed E-state index contributed by atoms with van der Waals surface area (Å²) in [6.07, 6.45) is 22.6. The lowest BCUT2D eigenvalue weighted by Crippen LogP contribution is -2.31. The average Bonchev–Trinajstić information content (AvgIpc) is 2.69. The van der Waals surface area contributed by atoms with E-state index in [1.165, 1.54) is 89.9 Å². The minimum absolute atomic E-state index is 0.0728. The van der Waals surface area contributed by atoms with E-state index in [0.717, 1.165) is 19.3 Å². The maximum absolute atomic E-state index is 11.6. The van der Waals surface area contributed by atoms with Gasteiger partial charge in [-0.2, -0.15) is 0 Å². The second kappa shape index (κ2) is 20.3. The Hall–Kier alpha value is -0.620. The monoisotopic (exact) mass is 447 g/mol. The van der Waals surface area contributed by atoms with E-state index in [4.69, 9.17) is 4.74 Å². The van der Waals surface area contributed by atoms with Crippen LogP contribution in [0.2, 0.25) is 0 Å². The molecule has 1 unspecified atom stereocenters. The number of carbonyl (C=O) groups is 1. The first kappa shape index (κ1) is 29.4. The number of esters is 1. The molecule has 1 atom stereocenters. The molecule has 0 amide bonds. The van der Waals surface area contributed by atoms with E-state index in [1.54, 1.807) is 6.92 Å². The Morgan fingerprint density at radius 3 is 1.30 bits per heavy atom. The van der Waals surface area contributed by atoms with Crippen LogP contribution in [0.3, 0.4) is 0 Å². The maximum Gasteiger partial charge on any atom is 0.323 e. The van der Waals surface area contributed by atoms with Crippen LogP contribution in [0.5, 0.6) is 0 Å². The van der Waals surface area contributed by atoms with Crippen LogP contribution in [0.4, 0.5) is 0 Å². The summed E-state index contributed by atoms with van der Waals surface area (Å²) in [6, 6.07) is 0. The fourth-order valence-corrected chi connectivity index (χ4v) is 4.61. The first-order valence-corrected chi connectivity index (χ1v) is 14.0. The van der Waals surface area contributed by atoms with Crippen molar-refractivity contribution in [3.63, 3.8) is 0 Å². The molecule has 0 aromatic rings. The molecule has 0 aromatic carbocycles. The van der Waals surface area contributed by atoms with Crippen molar-refractivity contribution in [2.24, 2.45) is 0 Å². The molecule has 0 rings (SSSR count). The Bertz CT molecular complexity index is 490. The van der Waals surface area contributed by atoms with E-state index < -0.39 is 21.3 Å². The lowest BCUT2D eigenvalue weighted by Gasteiger charge is -2.18.